The van der Waals surface area contributed by atoms with E-state index in [-0.39, 0.29) is 26.3 Å². The Morgan fingerprint density at radius 1 is 1.19 bits per heavy atom. The zero-order valence-corrected chi connectivity index (χ0v) is 13.3. The molecule has 106 valence electrons. The standard InChI is InChI=1S/C16H13NO3Se/c1-10-9-11(7-8-12(10)16(19)20-2)17-15(18)13-5-3-4-6-14(13)21-17/h3-9H,1-2H3. The maximum absolute atomic E-state index is 12.4. The van der Waals surface area contributed by atoms with Gasteiger partial charge in [-0.2, -0.15) is 0 Å². The van der Waals surface area contributed by atoms with Crippen molar-refractivity contribution in [3.8, 4) is 5.69 Å². The number of nitrogens with zero attached hydrogens (tertiary/aromatic N) is 1. The van der Waals surface area contributed by atoms with E-state index in [1.54, 1.807) is 15.7 Å². The molecule has 0 atom stereocenters. The molecule has 0 unspecified atom stereocenters. The Labute approximate surface area is 127 Å². The molecule has 5 heteroatoms. The summed E-state index contributed by atoms with van der Waals surface area (Å²) in [7, 11) is 1.36. The fourth-order valence-corrected chi connectivity index (χ4v) is 4.33. The summed E-state index contributed by atoms with van der Waals surface area (Å²) < 4.78 is 7.61. The molecular formula is C16H13NO3Se. The van der Waals surface area contributed by atoms with Gasteiger partial charge in [0.15, 0.2) is 0 Å². The number of aromatic nitrogens is 1. The number of aryl methyl sites for hydroxylation is 1. The first-order valence-corrected chi connectivity index (χ1v) is 8.04. The van der Waals surface area contributed by atoms with Crippen LogP contribution in [0.3, 0.4) is 0 Å². The predicted octanol–water partition coefficient (Wildman–Crippen LogP) is 2.14. The van der Waals surface area contributed by atoms with Crippen molar-refractivity contribution in [1.82, 2.24) is 3.56 Å². The molecule has 0 fully saturated rings. The summed E-state index contributed by atoms with van der Waals surface area (Å²) in [6.45, 7) is 1.84. The molecule has 3 aromatic rings. The summed E-state index contributed by atoms with van der Waals surface area (Å²) >= 11 is -0.0626. The second-order valence-electron chi connectivity index (χ2n) is 4.68. The first kappa shape index (κ1) is 13.9. The van der Waals surface area contributed by atoms with Crippen LogP contribution in [0.25, 0.3) is 15.3 Å². The van der Waals surface area contributed by atoms with Crippen LogP contribution in [0.2, 0.25) is 0 Å². The van der Waals surface area contributed by atoms with Crippen molar-refractivity contribution in [3.63, 3.8) is 0 Å². The minimum atomic E-state index is -0.361. The third kappa shape index (κ3) is 2.35. The van der Waals surface area contributed by atoms with Gasteiger partial charge in [-0.25, -0.2) is 0 Å². The zero-order valence-electron chi connectivity index (χ0n) is 11.6. The molecule has 1 heterocycles. The van der Waals surface area contributed by atoms with Crippen LogP contribution in [0.1, 0.15) is 15.9 Å². The number of benzene rings is 2. The topological polar surface area (TPSA) is 48.3 Å². The number of fused-ring (bicyclic) bond motifs is 1. The summed E-state index contributed by atoms with van der Waals surface area (Å²) in [5, 5.41) is 0.771. The second-order valence-corrected chi connectivity index (χ2v) is 6.75. The van der Waals surface area contributed by atoms with E-state index >= 15 is 0 Å². The molecule has 0 aliphatic rings. The number of methoxy groups -OCH3 is 1. The molecule has 21 heavy (non-hydrogen) atoms. The molecule has 0 N–H and O–H groups in total. The number of carbonyl (C=O) groups excluding carboxylic acids is 1. The number of hydrogen-bond donors (Lipinski definition) is 0. The molecule has 0 radical (unpaired) electrons. The van der Waals surface area contributed by atoms with Crippen molar-refractivity contribution in [2.45, 2.75) is 6.92 Å². The maximum atomic E-state index is 12.4. The van der Waals surface area contributed by atoms with Gasteiger partial charge >= 0.3 is 127 Å². The van der Waals surface area contributed by atoms with Gasteiger partial charge in [-0.15, -0.1) is 0 Å². The van der Waals surface area contributed by atoms with Crippen LogP contribution < -0.4 is 5.56 Å². The molecule has 0 aliphatic carbocycles. The summed E-state index contributed by atoms with van der Waals surface area (Å²) in [6.07, 6.45) is 0. The predicted molar refractivity (Wildman–Crippen MR) is 82.6 cm³/mol. The molecule has 4 nitrogen and oxygen atoms in total. The van der Waals surface area contributed by atoms with E-state index in [0.717, 1.165) is 20.9 Å². The van der Waals surface area contributed by atoms with Gasteiger partial charge in [-0.05, 0) is 0 Å². The summed E-state index contributed by atoms with van der Waals surface area (Å²) in [5.74, 6) is -0.361. The van der Waals surface area contributed by atoms with Crippen LogP contribution in [0, 0.1) is 6.92 Å². The molecule has 3 rings (SSSR count). The van der Waals surface area contributed by atoms with Crippen LogP contribution in [-0.4, -0.2) is 31.4 Å². The van der Waals surface area contributed by atoms with Gasteiger partial charge in [-0.3, -0.25) is 0 Å². The molecule has 0 spiro atoms. The van der Waals surface area contributed by atoms with Crippen LogP contribution in [0.5, 0.6) is 0 Å². The van der Waals surface area contributed by atoms with E-state index < -0.39 is 0 Å². The molecule has 0 saturated carbocycles. The SMILES string of the molecule is COC(=O)c1ccc(-n2[se]c3ccccc3c2=O)cc1C. The monoisotopic (exact) mass is 347 g/mol. The molecular weight excluding hydrogens is 333 g/mol. The molecule has 0 bridgehead atoms. The molecule has 0 saturated heterocycles. The van der Waals surface area contributed by atoms with Crippen LogP contribution >= 0.6 is 0 Å². The van der Waals surface area contributed by atoms with Crippen molar-refractivity contribution in [2.24, 2.45) is 0 Å². The molecule has 0 aliphatic heterocycles. The molecule has 0 amide bonds. The fourth-order valence-electron chi connectivity index (χ4n) is 2.26. The summed E-state index contributed by atoms with van der Waals surface area (Å²) in [5.41, 5.74) is 2.17. The number of ether oxygens (including phenoxy) is 1. The fraction of sp³-hybridized carbons (Fsp3) is 0.125. The van der Waals surface area contributed by atoms with Crippen LogP contribution in [0.4, 0.5) is 0 Å². The average molecular weight is 346 g/mol. The third-order valence-corrected chi connectivity index (χ3v) is 5.67. The van der Waals surface area contributed by atoms with Gasteiger partial charge in [0.25, 0.3) is 0 Å². The quantitative estimate of drug-likeness (QED) is 0.528. The number of hydrogen-bond acceptors (Lipinski definition) is 3. The Morgan fingerprint density at radius 3 is 2.62 bits per heavy atom. The number of esters is 1. The van der Waals surface area contributed by atoms with E-state index in [2.05, 4.69) is 0 Å². The first-order chi connectivity index (χ1) is 10.1. The minimum absolute atomic E-state index is 0.0239. The second kappa shape index (κ2) is 5.35. The van der Waals surface area contributed by atoms with Crippen molar-refractivity contribution in [3.05, 3.63) is 63.9 Å². The van der Waals surface area contributed by atoms with Crippen molar-refractivity contribution in [2.75, 3.05) is 7.11 Å². The number of rotatable bonds is 2. The normalized spacial score (nSPS) is 10.8. The van der Waals surface area contributed by atoms with Crippen molar-refractivity contribution in [1.29, 1.82) is 0 Å². The number of carbonyl (C=O) groups is 1. The van der Waals surface area contributed by atoms with Crippen molar-refractivity contribution >= 4 is 30.3 Å². The third-order valence-electron chi connectivity index (χ3n) is 3.34. The van der Waals surface area contributed by atoms with E-state index in [9.17, 15) is 9.59 Å². The van der Waals surface area contributed by atoms with Crippen molar-refractivity contribution < 1.29 is 9.53 Å². The van der Waals surface area contributed by atoms with Gasteiger partial charge in [-0.1, -0.05) is 0 Å². The molecule has 2 aromatic carbocycles. The Balaban J connectivity index is 2.15. The summed E-state index contributed by atoms with van der Waals surface area (Å²) in [4.78, 5) is 24.0. The Morgan fingerprint density at radius 2 is 1.95 bits per heavy atom. The van der Waals surface area contributed by atoms with Gasteiger partial charge in [0, 0.05) is 0 Å². The first-order valence-electron chi connectivity index (χ1n) is 6.42. The Hall–Kier alpha value is -2.10. The summed E-state index contributed by atoms with van der Waals surface area (Å²) in [6, 6.07) is 13.0. The van der Waals surface area contributed by atoms with Gasteiger partial charge in [0.1, 0.15) is 0 Å². The molecule has 1 aromatic heterocycles. The van der Waals surface area contributed by atoms with Crippen LogP contribution in [-0.2, 0) is 4.74 Å². The Kier molecular flexibility index (Phi) is 3.53. The zero-order chi connectivity index (χ0) is 15.0. The Bertz CT molecular complexity index is 892. The van der Waals surface area contributed by atoms with E-state index in [1.807, 2.05) is 37.3 Å². The van der Waals surface area contributed by atoms with E-state index in [4.69, 9.17) is 4.74 Å². The van der Waals surface area contributed by atoms with E-state index in [0.29, 0.717) is 5.56 Å². The van der Waals surface area contributed by atoms with Gasteiger partial charge in [0.2, 0.25) is 0 Å². The van der Waals surface area contributed by atoms with Crippen LogP contribution in [0.15, 0.2) is 47.3 Å². The average Bonchev–Trinajstić information content (AvgIpc) is 2.84. The van der Waals surface area contributed by atoms with Gasteiger partial charge in [0.05, 0.1) is 0 Å². The van der Waals surface area contributed by atoms with Gasteiger partial charge < -0.3 is 0 Å². The van der Waals surface area contributed by atoms with E-state index in [1.165, 1.54) is 7.11 Å².